The number of carbonyl (C=O) groups excluding carboxylic acids is 1. The molecule has 3 heterocycles. The molecule has 0 aliphatic carbocycles. The highest BCUT2D eigenvalue weighted by molar-refractivity contribution is 5.92. The van der Waals surface area contributed by atoms with Crippen molar-refractivity contribution in [2.24, 2.45) is 5.92 Å². The molecular weight excluding hydrogens is 477 g/mol. The first kappa shape index (κ1) is 24.9. The van der Waals surface area contributed by atoms with Crippen molar-refractivity contribution >= 4 is 16.9 Å². The van der Waals surface area contributed by atoms with Gasteiger partial charge in [0.05, 0.1) is 48.2 Å². The molecule has 1 saturated heterocycles. The van der Waals surface area contributed by atoms with Gasteiger partial charge in [-0.2, -0.15) is 13.2 Å². The van der Waals surface area contributed by atoms with E-state index in [1.54, 1.807) is 4.57 Å². The monoisotopic (exact) mass is 499 g/mol. The van der Waals surface area contributed by atoms with E-state index in [-0.39, 0.29) is 30.3 Å². The Balaban J connectivity index is 1.74. The summed E-state index contributed by atoms with van der Waals surface area (Å²) in [4.78, 5) is 24.7. The molecule has 1 aliphatic rings. The quantitative estimate of drug-likeness (QED) is 0.473. The van der Waals surface area contributed by atoms with Crippen LogP contribution in [0.2, 0.25) is 0 Å². The zero-order valence-corrected chi connectivity index (χ0v) is 18.6. The van der Waals surface area contributed by atoms with Crippen LogP contribution in [-0.4, -0.2) is 52.4 Å². The van der Waals surface area contributed by atoms with Crippen molar-refractivity contribution < 1.29 is 36.2 Å². The average Bonchev–Trinajstić information content (AvgIpc) is 3.48. The van der Waals surface area contributed by atoms with Crippen LogP contribution in [0.4, 0.5) is 22.0 Å². The standard InChI is InChI=1S/C22H22F5N5O3/c1-34-7-5-32-17-3-2-13(22(25,26)27)8-14(17)30-20(32)18(12-4-6-35-11-12)31-21(33)16-10-28-15(9-29-16)19(23)24/h2-3,8-10,12,18-19H,4-7,11H2,1H3,(H,31,33)/t12-,18-/m0/s1. The summed E-state index contributed by atoms with van der Waals surface area (Å²) in [7, 11) is 1.49. The minimum absolute atomic E-state index is 0.116. The smallest absolute Gasteiger partial charge is 0.383 e. The first-order valence-corrected chi connectivity index (χ1v) is 10.7. The van der Waals surface area contributed by atoms with Gasteiger partial charge in [-0.1, -0.05) is 0 Å². The number of rotatable bonds is 8. The van der Waals surface area contributed by atoms with Crippen molar-refractivity contribution in [3.8, 4) is 0 Å². The van der Waals surface area contributed by atoms with Gasteiger partial charge in [0.15, 0.2) is 0 Å². The third kappa shape index (κ3) is 5.40. The van der Waals surface area contributed by atoms with Gasteiger partial charge in [0.1, 0.15) is 17.2 Å². The van der Waals surface area contributed by atoms with Gasteiger partial charge in [0.2, 0.25) is 0 Å². The molecule has 13 heteroatoms. The molecule has 2 aromatic heterocycles. The minimum atomic E-state index is -4.54. The maximum absolute atomic E-state index is 13.3. The average molecular weight is 499 g/mol. The van der Waals surface area contributed by atoms with Crippen LogP contribution in [0.5, 0.6) is 0 Å². The zero-order valence-electron chi connectivity index (χ0n) is 18.6. The number of nitrogens with zero attached hydrogens (tertiary/aromatic N) is 4. The van der Waals surface area contributed by atoms with E-state index in [1.807, 2.05) is 0 Å². The van der Waals surface area contributed by atoms with E-state index in [0.717, 1.165) is 24.5 Å². The van der Waals surface area contributed by atoms with Gasteiger partial charge < -0.3 is 19.4 Å². The number of hydrogen-bond acceptors (Lipinski definition) is 6. The molecule has 3 aromatic rings. The fourth-order valence-electron chi connectivity index (χ4n) is 3.97. The highest BCUT2D eigenvalue weighted by Crippen LogP contribution is 2.34. The third-order valence-corrected chi connectivity index (χ3v) is 5.75. The lowest BCUT2D eigenvalue weighted by Gasteiger charge is -2.24. The van der Waals surface area contributed by atoms with E-state index in [4.69, 9.17) is 9.47 Å². The number of hydrogen-bond donors (Lipinski definition) is 1. The van der Waals surface area contributed by atoms with Crippen LogP contribution in [0, 0.1) is 5.92 Å². The summed E-state index contributed by atoms with van der Waals surface area (Å²) in [5.41, 5.74) is -1.03. The maximum atomic E-state index is 13.3. The fourth-order valence-corrected chi connectivity index (χ4v) is 3.97. The number of benzene rings is 1. The molecule has 8 nitrogen and oxygen atoms in total. The molecule has 1 aliphatic heterocycles. The summed E-state index contributed by atoms with van der Waals surface area (Å²) in [6.07, 6.45) is -5.03. The molecule has 1 amide bonds. The van der Waals surface area contributed by atoms with Crippen molar-refractivity contribution in [2.45, 2.75) is 31.6 Å². The summed E-state index contributed by atoms with van der Waals surface area (Å²) in [5, 5.41) is 2.81. The van der Waals surface area contributed by atoms with E-state index in [9.17, 15) is 26.7 Å². The van der Waals surface area contributed by atoms with Gasteiger partial charge in [-0.3, -0.25) is 9.78 Å². The number of aromatic nitrogens is 4. The highest BCUT2D eigenvalue weighted by atomic mass is 19.4. The number of alkyl halides is 5. The van der Waals surface area contributed by atoms with Crippen LogP contribution in [0.3, 0.4) is 0 Å². The van der Waals surface area contributed by atoms with Crippen LogP contribution < -0.4 is 5.32 Å². The number of halogens is 5. The number of amides is 1. The van der Waals surface area contributed by atoms with E-state index in [2.05, 4.69) is 20.3 Å². The van der Waals surface area contributed by atoms with Gasteiger partial charge in [-0.05, 0) is 24.6 Å². The van der Waals surface area contributed by atoms with Crippen LogP contribution in [0.15, 0.2) is 30.6 Å². The molecule has 0 unspecified atom stereocenters. The highest BCUT2D eigenvalue weighted by Gasteiger charge is 2.35. The Labute approximate surface area is 196 Å². The minimum Gasteiger partial charge on any atom is -0.383 e. The van der Waals surface area contributed by atoms with Crippen molar-refractivity contribution in [3.05, 3.63) is 53.4 Å². The largest absolute Gasteiger partial charge is 0.416 e. The molecular formula is C22H22F5N5O3. The topological polar surface area (TPSA) is 91.2 Å². The van der Waals surface area contributed by atoms with Crippen LogP contribution >= 0.6 is 0 Å². The number of imidazole rings is 1. The second-order valence-corrected chi connectivity index (χ2v) is 8.02. The Morgan fingerprint density at radius 2 is 2.09 bits per heavy atom. The molecule has 35 heavy (non-hydrogen) atoms. The SMILES string of the molecule is COCCn1c([C@@H](NC(=O)c2cnc(C(F)F)cn2)[C@H]2CCOC2)nc2cc(C(F)(F)F)ccc21. The number of nitrogens with one attached hydrogen (secondary N) is 1. The molecule has 0 spiro atoms. The second-order valence-electron chi connectivity index (χ2n) is 8.02. The Hall–Kier alpha value is -3.19. The number of fused-ring (bicyclic) bond motifs is 1. The summed E-state index contributed by atoms with van der Waals surface area (Å²) in [5.74, 6) is -0.582. The molecule has 1 fully saturated rings. The normalized spacial score (nSPS) is 17.3. The summed E-state index contributed by atoms with van der Waals surface area (Å²) in [6, 6.07) is 2.52. The maximum Gasteiger partial charge on any atom is 0.416 e. The second kappa shape index (κ2) is 10.2. The van der Waals surface area contributed by atoms with Crippen molar-refractivity contribution in [3.63, 3.8) is 0 Å². The van der Waals surface area contributed by atoms with Gasteiger partial charge in [-0.15, -0.1) is 0 Å². The van der Waals surface area contributed by atoms with Crippen LogP contribution in [0.1, 0.15) is 46.5 Å². The van der Waals surface area contributed by atoms with Crippen molar-refractivity contribution in [1.29, 1.82) is 0 Å². The Morgan fingerprint density at radius 1 is 1.29 bits per heavy atom. The molecule has 0 radical (unpaired) electrons. The van der Waals surface area contributed by atoms with Crippen molar-refractivity contribution in [1.82, 2.24) is 24.8 Å². The molecule has 4 rings (SSSR count). The van der Waals surface area contributed by atoms with E-state index in [1.165, 1.54) is 13.2 Å². The lowest BCUT2D eigenvalue weighted by molar-refractivity contribution is -0.137. The van der Waals surface area contributed by atoms with E-state index >= 15 is 0 Å². The third-order valence-electron chi connectivity index (χ3n) is 5.75. The lowest BCUT2D eigenvalue weighted by Crippen LogP contribution is -2.36. The molecule has 188 valence electrons. The van der Waals surface area contributed by atoms with Gasteiger partial charge in [0, 0.05) is 26.2 Å². The molecule has 0 saturated carbocycles. The van der Waals surface area contributed by atoms with Crippen molar-refractivity contribution in [2.75, 3.05) is 26.9 Å². The van der Waals surface area contributed by atoms with Crippen LogP contribution in [-0.2, 0) is 22.2 Å². The molecule has 1 N–H and O–H groups in total. The number of carbonyl (C=O) groups is 1. The molecule has 0 bridgehead atoms. The van der Waals surface area contributed by atoms with Crippen LogP contribution in [0.25, 0.3) is 11.0 Å². The Kier molecular flexibility index (Phi) is 7.26. The first-order valence-electron chi connectivity index (χ1n) is 10.7. The van der Waals surface area contributed by atoms with Gasteiger partial charge in [-0.25, -0.2) is 18.7 Å². The molecule has 1 aromatic carbocycles. The molecule has 2 atom stereocenters. The summed E-state index contributed by atoms with van der Waals surface area (Å²) >= 11 is 0. The number of ether oxygens (including phenoxy) is 2. The predicted molar refractivity (Wildman–Crippen MR) is 113 cm³/mol. The fraction of sp³-hybridized carbons (Fsp3) is 0.455. The van der Waals surface area contributed by atoms with E-state index < -0.39 is 35.8 Å². The zero-order chi connectivity index (χ0) is 25.2. The Bertz CT molecular complexity index is 1180. The van der Waals surface area contributed by atoms with E-state index in [0.29, 0.717) is 31.0 Å². The van der Waals surface area contributed by atoms with Gasteiger partial charge in [0.25, 0.3) is 12.3 Å². The predicted octanol–water partition coefficient (Wildman–Crippen LogP) is 3.94. The Morgan fingerprint density at radius 3 is 2.69 bits per heavy atom. The van der Waals surface area contributed by atoms with Gasteiger partial charge >= 0.3 is 6.18 Å². The number of methoxy groups -OCH3 is 1. The summed E-state index contributed by atoms with van der Waals surface area (Å²) in [6.45, 7) is 1.26. The first-order chi connectivity index (χ1) is 16.7. The lowest BCUT2D eigenvalue weighted by atomic mass is 9.98. The summed E-state index contributed by atoms with van der Waals surface area (Å²) < 4.78 is 77.7.